The molecule has 2 N–H and O–H groups in total. The Balaban J connectivity index is 1.26. The van der Waals surface area contributed by atoms with Crippen molar-refractivity contribution in [2.45, 2.75) is 19.3 Å². The molecule has 0 radical (unpaired) electrons. The summed E-state index contributed by atoms with van der Waals surface area (Å²) in [6.07, 6.45) is 7.01. The fraction of sp³-hybridized carbons (Fsp3) is 0.400. The monoisotopic (exact) mass is 446 g/mol. The standard InChI is InChI=1S/C25H30N6O2/c1-26-25(33)31-12-8-17-13-19(5-6-22(17)31)29(2)20-7-9-27-23(15-20)28-24(32)21-14-18(21)16-30-10-3-4-11-30/h5-9,12-13,15,18,21H,3-4,10-11,14,16H2,1-2H3,(H,26,33)(H,27,28,32). The second-order valence-electron chi connectivity index (χ2n) is 9.04. The molecule has 5 rings (SSSR count). The van der Waals surface area contributed by atoms with Crippen LogP contribution in [0.25, 0.3) is 10.9 Å². The van der Waals surface area contributed by atoms with Crippen LogP contribution in [0.2, 0.25) is 0 Å². The number of amides is 2. The first-order valence-corrected chi connectivity index (χ1v) is 11.6. The normalized spacial score (nSPS) is 20.1. The second kappa shape index (κ2) is 8.86. The van der Waals surface area contributed by atoms with Crippen LogP contribution in [0.15, 0.2) is 48.8 Å². The molecule has 2 amide bonds. The van der Waals surface area contributed by atoms with E-state index in [0.29, 0.717) is 11.7 Å². The number of fused-ring (bicyclic) bond motifs is 1. The van der Waals surface area contributed by atoms with Crippen LogP contribution in [0.5, 0.6) is 0 Å². The summed E-state index contributed by atoms with van der Waals surface area (Å²) < 4.78 is 1.59. The topological polar surface area (TPSA) is 82.5 Å². The minimum absolute atomic E-state index is 0.0726. The first-order chi connectivity index (χ1) is 16.0. The van der Waals surface area contributed by atoms with Gasteiger partial charge in [0.15, 0.2) is 0 Å². The molecule has 1 saturated carbocycles. The van der Waals surface area contributed by atoms with Gasteiger partial charge >= 0.3 is 6.03 Å². The first kappa shape index (κ1) is 21.5. The van der Waals surface area contributed by atoms with Gasteiger partial charge in [-0.25, -0.2) is 9.78 Å². The summed E-state index contributed by atoms with van der Waals surface area (Å²) in [6, 6.07) is 11.5. The van der Waals surface area contributed by atoms with E-state index in [1.165, 1.54) is 25.9 Å². The molecular weight excluding hydrogens is 416 g/mol. The highest BCUT2D eigenvalue weighted by molar-refractivity contribution is 5.95. The third-order valence-corrected chi connectivity index (χ3v) is 6.83. The summed E-state index contributed by atoms with van der Waals surface area (Å²) in [4.78, 5) is 33.6. The van der Waals surface area contributed by atoms with Gasteiger partial charge in [-0.15, -0.1) is 0 Å². The number of anilines is 3. The van der Waals surface area contributed by atoms with E-state index < -0.39 is 0 Å². The van der Waals surface area contributed by atoms with Gasteiger partial charge < -0.3 is 20.4 Å². The van der Waals surface area contributed by atoms with Gasteiger partial charge in [0, 0.05) is 61.8 Å². The fourth-order valence-corrected chi connectivity index (χ4v) is 4.77. The van der Waals surface area contributed by atoms with Gasteiger partial charge in [0.1, 0.15) is 5.82 Å². The van der Waals surface area contributed by atoms with Crippen molar-refractivity contribution in [3.63, 3.8) is 0 Å². The molecule has 1 aliphatic carbocycles. The van der Waals surface area contributed by atoms with Crippen LogP contribution in [0.3, 0.4) is 0 Å². The van der Waals surface area contributed by atoms with Gasteiger partial charge in [-0.3, -0.25) is 9.36 Å². The highest BCUT2D eigenvalue weighted by atomic mass is 16.2. The van der Waals surface area contributed by atoms with Crippen LogP contribution in [0, 0.1) is 11.8 Å². The van der Waals surface area contributed by atoms with Gasteiger partial charge in [0.05, 0.1) is 5.52 Å². The zero-order valence-electron chi connectivity index (χ0n) is 19.1. The predicted molar refractivity (Wildman–Crippen MR) is 130 cm³/mol. The molecule has 2 atom stereocenters. The zero-order valence-corrected chi connectivity index (χ0v) is 19.1. The van der Waals surface area contributed by atoms with Crippen molar-refractivity contribution < 1.29 is 9.59 Å². The summed E-state index contributed by atoms with van der Waals surface area (Å²) in [6.45, 7) is 3.38. The van der Waals surface area contributed by atoms with Crippen molar-refractivity contribution in [1.82, 2.24) is 19.8 Å². The van der Waals surface area contributed by atoms with Crippen LogP contribution in [0.4, 0.5) is 22.0 Å². The Morgan fingerprint density at radius 1 is 1.12 bits per heavy atom. The number of hydrogen-bond donors (Lipinski definition) is 2. The molecular formula is C25H30N6O2. The highest BCUT2D eigenvalue weighted by Gasteiger charge is 2.43. The lowest BCUT2D eigenvalue weighted by atomic mass is 10.2. The van der Waals surface area contributed by atoms with Gasteiger partial charge in [0.2, 0.25) is 5.91 Å². The van der Waals surface area contributed by atoms with E-state index in [1.54, 1.807) is 24.0 Å². The highest BCUT2D eigenvalue weighted by Crippen LogP contribution is 2.40. The van der Waals surface area contributed by atoms with E-state index >= 15 is 0 Å². The molecule has 8 nitrogen and oxygen atoms in total. The molecule has 1 saturated heterocycles. The fourth-order valence-electron chi connectivity index (χ4n) is 4.77. The molecule has 8 heteroatoms. The number of nitrogens with zero attached hydrogens (tertiary/aromatic N) is 4. The Hall–Kier alpha value is -3.39. The Bertz CT molecular complexity index is 1180. The van der Waals surface area contributed by atoms with Crippen LogP contribution in [0.1, 0.15) is 19.3 Å². The molecule has 1 aliphatic heterocycles. The van der Waals surface area contributed by atoms with Crippen LogP contribution >= 0.6 is 0 Å². The maximum atomic E-state index is 12.7. The number of benzene rings is 1. The Labute approximate surface area is 193 Å². The van der Waals surface area contributed by atoms with Gasteiger partial charge in [-0.2, -0.15) is 0 Å². The molecule has 2 unspecified atom stereocenters. The minimum Gasteiger partial charge on any atom is -0.344 e. The predicted octanol–water partition coefficient (Wildman–Crippen LogP) is 3.66. The number of hydrogen-bond acceptors (Lipinski definition) is 5. The third-order valence-electron chi connectivity index (χ3n) is 6.83. The lowest BCUT2D eigenvalue weighted by molar-refractivity contribution is -0.117. The number of nitrogens with one attached hydrogen (secondary N) is 2. The molecule has 0 spiro atoms. The molecule has 3 aromatic rings. The Morgan fingerprint density at radius 2 is 1.91 bits per heavy atom. The summed E-state index contributed by atoms with van der Waals surface area (Å²) in [5, 5.41) is 6.64. The molecule has 172 valence electrons. The number of rotatable bonds is 6. The molecule has 0 bridgehead atoms. The van der Waals surface area contributed by atoms with Gasteiger partial charge in [-0.05, 0) is 68.6 Å². The van der Waals surface area contributed by atoms with Crippen LogP contribution in [-0.4, -0.2) is 60.1 Å². The zero-order chi connectivity index (χ0) is 22.9. The second-order valence-corrected chi connectivity index (χ2v) is 9.04. The number of carbonyl (C=O) groups excluding carboxylic acids is 2. The quantitative estimate of drug-likeness (QED) is 0.604. The molecule has 1 aromatic carbocycles. The van der Waals surface area contributed by atoms with E-state index in [2.05, 4.69) is 20.5 Å². The van der Waals surface area contributed by atoms with E-state index in [4.69, 9.17) is 0 Å². The Morgan fingerprint density at radius 3 is 2.70 bits per heavy atom. The van der Waals surface area contributed by atoms with E-state index in [1.807, 2.05) is 48.3 Å². The number of likely N-dealkylation sites (tertiary alicyclic amines) is 1. The summed E-state index contributed by atoms with van der Waals surface area (Å²) in [5.41, 5.74) is 2.75. The van der Waals surface area contributed by atoms with Crippen molar-refractivity contribution in [3.05, 3.63) is 48.8 Å². The van der Waals surface area contributed by atoms with Crippen LogP contribution in [-0.2, 0) is 4.79 Å². The summed E-state index contributed by atoms with van der Waals surface area (Å²) in [5.74, 6) is 1.22. The average molecular weight is 447 g/mol. The average Bonchev–Trinajstić information content (AvgIpc) is 3.20. The van der Waals surface area contributed by atoms with Crippen molar-refractivity contribution in [2.24, 2.45) is 11.8 Å². The largest absolute Gasteiger partial charge is 0.344 e. The number of aromatic nitrogens is 2. The molecule has 2 fully saturated rings. The van der Waals surface area contributed by atoms with E-state index in [9.17, 15) is 9.59 Å². The van der Waals surface area contributed by atoms with Crippen molar-refractivity contribution in [3.8, 4) is 0 Å². The molecule has 3 heterocycles. The third kappa shape index (κ3) is 4.43. The van der Waals surface area contributed by atoms with Crippen molar-refractivity contribution in [2.75, 3.05) is 43.9 Å². The van der Waals surface area contributed by atoms with E-state index in [0.717, 1.165) is 35.2 Å². The Kier molecular flexibility index (Phi) is 5.76. The summed E-state index contributed by atoms with van der Waals surface area (Å²) in [7, 11) is 3.60. The summed E-state index contributed by atoms with van der Waals surface area (Å²) >= 11 is 0. The number of carbonyl (C=O) groups is 2. The maximum absolute atomic E-state index is 12.7. The first-order valence-electron chi connectivity index (χ1n) is 11.6. The van der Waals surface area contributed by atoms with Crippen LogP contribution < -0.4 is 15.5 Å². The molecule has 2 aromatic heterocycles. The SMILES string of the molecule is CNC(=O)n1ccc2cc(N(C)c3ccnc(NC(=O)C4CC4CN4CCCC4)c3)ccc21. The number of pyridine rings is 1. The maximum Gasteiger partial charge on any atom is 0.325 e. The molecule has 2 aliphatic rings. The van der Waals surface area contributed by atoms with Crippen molar-refractivity contribution >= 4 is 40.0 Å². The lowest BCUT2D eigenvalue weighted by Gasteiger charge is -2.20. The molecule has 33 heavy (non-hydrogen) atoms. The van der Waals surface area contributed by atoms with Gasteiger partial charge in [-0.1, -0.05) is 0 Å². The van der Waals surface area contributed by atoms with E-state index in [-0.39, 0.29) is 17.9 Å². The minimum atomic E-state index is -0.168. The lowest BCUT2D eigenvalue weighted by Crippen LogP contribution is -2.24. The van der Waals surface area contributed by atoms with Crippen molar-refractivity contribution in [1.29, 1.82) is 0 Å². The smallest absolute Gasteiger partial charge is 0.325 e. The van der Waals surface area contributed by atoms with Gasteiger partial charge in [0.25, 0.3) is 0 Å².